The van der Waals surface area contributed by atoms with Crippen LogP contribution in [-0.4, -0.2) is 0 Å². The first-order valence-corrected chi connectivity index (χ1v) is 10.5. The lowest BCUT2D eigenvalue weighted by atomic mass is 9.62. The Balaban J connectivity index is 1.84. The number of allylic oxidation sites excluding steroid dienone is 1. The van der Waals surface area contributed by atoms with Crippen molar-refractivity contribution < 1.29 is 0 Å². The molecule has 0 atom stereocenters. The summed E-state index contributed by atoms with van der Waals surface area (Å²) in [5.41, 5.74) is 10.9. The lowest BCUT2D eigenvalue weighted by Gasteiger charge is -2.43. The smallest absolute Gasteiger partial charge is 0.0206 e. The molecule has 0 nitrogen and oxygen atoms in total. The molecule has 1 fully saturated rings. The Kier molecular flexibility index (Phi) is 4.01. The number of aryl methyl sites for hydroxylation is 1. The van der Waals surface area contributed by atoms with E-state index in [1.807, 2.05) is 0 Å². The Hall–Kier alpha value is -1.82. The second-order valence-corrected chi connectivity index (χ2v) is 10.4. The Morgan fingerprint density at radius 3 is 1.78 bits per heavy atom. The molecule has 0 spiro atoms. The topological polar surface area (TPSA) is 0 Å². The first-order chi connectivity index (χ1) is 12.6. The Labute approximate surface area is 165 Å². The van der Waals surface area contributed by atoms with Crippen LogP contribution in [-0.2, 0) is 16.2 Å². The van der Waals surface area contributed by atoms with E-state index in [0.29, 0.717) is 0 Å². The third kappa shape index (κ3) is 2.89. The number of hydrogen-bond donors (Lipinski definition) is 0. The average Bonchev–Trinajstić information content (AvgIpc) is 3.40. The van der Waals surface area contributed by atoms with E-state index in [2.05, 4.69) is 84.5 Å². The number of rotatable bonds is 3. The fourth-order valence-corrected chi connectivity index (χ4v) is 5.15. The quantitative estimate of drug-likeness (QED) is 0.534. The van der Waals surface area contributed by atoms with Crippen LogP contribution in [0.25, 0.3) is 5.57 Å². The van der Waals surface area contributed by atoms with Crippen LogP contribution >= 0.6 is 0 Å². The molecule has 0 aliphatic heterocycles. The van der Waals surface area contributed by atoms with Crippen LogP contribution in [0.15, 0.2) is 43.0 Å². The average molecular weight is 359 g/mol. The minimum absolute atomic E-state index is 0.227. The molecule has 4 rings (SSSR count). The van der Waals surface area contributed by atoms with Crippen LogP contribution in [0.2, 0.25) is 0 Å². The van der Waals surface area contributed by atoms with Crippen LogP contribution in [0.1, 0.15) is 93.7 Å². The fraction of sp³-hybridized carbons (Fsp3) is 0.481. The highest BCUT2D eigenvalue weighted by molar-refractivity contribution is 5.63. The van der Waals surface area contributed by atoms with E-state index in [0.717, 1.165) is 5.57 Å². The predicted molar refractivity (Wildman–Crippen MR) is 118 cm³/mol. The van der Waals surface area contributed by atoms with Crippen molar-refractivity contribution in [2.45, 2.75) is 83.5 Å². The second-order valence-electron chi connectivity index (χ2n) is 10.4. The summed E-state index contributed by atoms with van der Waals surface area (Å²) in [6.45, 7) is 18.2. The summed E-state index contributed by atoms with van der Waals surface area (Å²) in [4.78, 5) is 0. The van der Waals surface area contributed by atoms with Gasteiger partial charge in [0, 0.05) is 5.41 Å². The first-order valence-electron chi connectivity index (χ1n) is 10.5. The summed E-state index contributed by atoms with van der Waals surface area (Å²) in [5, 5.41) is 0. The molecular formula is C27H34. The van der Waals surface area contributed by atoms with Crippen LogP contribution in [0.3, 0.4) is 0 Å². The molecule has 2 aliphatic carbocycles. The Morgan fingerprint density at radius 1 is 0.778 bits per heavy atom. The first kappa shape index (κ1) is 18.5. The number of benzene rings is 2. The van der Waals surface area contributed by atoms with Gasteiger partial charge in [-0.15, -0.1) is 0 Å². The zero-order valence-electron chi connectivity index (χ0n) is 18.0. The van der Waals surface area contributed by atoms with Crippen molar-refractivity contribution in [1.82, 2.24) is 0 Å². The summed E-state index contributed by atoms with van der Waals surface area (Å²) in [5.74, 6) is 0. The van der Waals surface area contributed by atoms with Gasteiger partial charge in [-0.3, -0.25) is 0 Å². The molecule has 2 aliphatic rings. The summed E-state index contributed by atoms with van der Waals surface area (Å²) in [7, 11) is 0. The Bertz CT molecular complexity index is 902. The molecule has 0 heterocycles. The van der Waals surface area contributed by atoms with Crippen molar-refractivity contribution >= 4 is 5.57 Å². The monoisotopic (exact) mass is 358 g/mol. The third-order valence-electron chi connectivity index (χ3n) is 7.39. The van der Waals surface area contributed by atoms with Gasteiger partial charge in [0.05, 0.1) is 0 Å². The molecule has 0 amide bonds. The molecule has 27 heavy (non-hydrogen) atoms. The van der Waals surface area contributed by atoms with E-state index in [4.69, 9.17) is 0 Å². The van der Waals surface area contributed by atoms with Gasteiger partial charge in [-0.25, -0.2) is 0 Å². The number of fused-ring (bicyclic) bond motifs is 1. The normalized spacial score (nSPS) is 21.4. The lowest BCUT2D eigenvalue weighted by Crippen LogP contribution is -2.34. The van der Waals surface area contributed by atoms with E-state index in [1.54, 1.807) is 16.7 Å². The maximum absolute atomic E-state index is 4.08. The molecule has 0 N–H and O–H groups in total. The van der Waals surface area contributed by atoms with Gasteiger partial charge in [0.2, 0.25) is 0 Å². The summed E-state index contributed by atoms with van der Waals surface area (Å²) < 4.78 is 0. The summed E-state index contributed by atoms with van der Waals surface area (Å²) in [6.07, 6.45) is 5.08. The van der Waals surface area contributed by atoms with Crippen molar-refractivity contribution in [2.75, 3.05) is 0 Å². The molecule has 2 aromatic carbocycles. The zero-order chi connectivity index (χ0) is 19.6. The van der Waals surface area contributed by atoms with Gasteiger partial charge in [0.15, 0.2) is 0 Å². The van der Waals surface area contributed by atoms with Gasteiger partial charge >= 0.3 is 0 Å². The predicted octanol–water partition coefficient (Wildman–Crippen LogP) is 7.46. The van der Waals surface area contributed by atoms with Crippen LogP contribution in [0.5, 0.6) is 0 Å². The van der Waals surface area contributed by atoms with Crippen LogP contribution in [0, 0.1) is 6.92 Å². The van der Waals surface area contributed by atoms with Gasteiger partial charge < -0.3 is 0 Å². The van der Waals surface area contributed by atoms with Gasteiger partial charge in [-0.2, -0.15) is 0 Å². The highest BCUT2D eigenvalue weighted by Crippen LogP contribution is 2.56. The molecule has 142 valence electrons. The summed E-state index contributed by atoms with van der Waals surface area (Å²) in [6, 6.07) is 14.3. The van der Waals surface area contributed by atoms with Crippen molar-refractivity contribution in [3.63, 3.8) is 0 Å². The molecule has 0 unspecified atom stereocenters. The van der Waals surface area contributed by atoms with E-state index in [9.17, 15) is 0 Å². The maximum Gasteiger partial charge on any atom is 0.0206 e. The standard InChI is InChI=1S/C27H34/c1-18(2)20-8-10-21(11-9-20)27(14-15-27)22-17-24-23(16-19(22)3)25(4,5)12-13-26(24,6)7/h8-11,16-17H,1,12-15H2,2-7H3. The van der Waals surface area contributed by atoms with E-state index in [-0.39, 0.29) is 16.2 Å². The maximum atomic E-state index is 4.08. The molecule has 0 aromatic heterocycles. The number of hydrogen-bond acceptors (Lipinski definition) is 0. The van der Waals surface area contributed by atoms with Crippen molar-refractivity contribution in [1.29, 1.82) is 0 Å². The molecule has 2 aromatic rings. The molecule has 0 radical (unpaired) electrons. The minimum Gasteiger partial charge on any atom is -0.0955 e. The van der Waals surface area contributed by atoms with Crippen molar-refractivity contribution in [2.24, 2.45) is 0 Å². The van der Waals surface area contributed by atoms with Gasteiger partial charge in [0.25, 0.3) is 0 Å². The molecule has 1 saturated carbocycles. The van der Waals surface area contributed by atoms with Gasteiger partial charge in [-0.1, -0.05) is 76.2 Å². The fourth-order valence-electron chi connectivity index (χ4n) is 5.15. The van der Waals surface area contributed by atoms with Crippen molar-refractivity contribution in [3.05, 3.63) is 76.4 Å². The molecule has 0 bridgehead atoms. The highest BCUT2D eigenvalue weighted by Gasteiger charge is 2.48. The zero-order valence-corrected chi connectivity index (χ0v) is 18.0. The Morgan fingerprint density at radius 2 is 1.30 bits per heavy atom. The second kappa shape index (κ2) is 5.84. The van der Waals surface area contributed by atoms with Crippen molar-refractivity contribution in [3.8, 4) is 0 Å². The van der Waals surface area contributed by atoms with E-state index < -0.39 is 0 Å². The highest BCUT2D eigenvalue weighted by atomic mass is 14.5. The van der Waals surface area contributed by atoms with Gasteiger partial charge in [-0.05, 0) is 83.7 Å². The van der Waals surface area contributed by atoms with Crippen LogP contribution < -0.4 is 0 Å². The SMILES string of the molecule is C=C(C)c1ccc(C2(c3cc4c(cc3C)C(C)(C)CCC4(C)C)CC2)cc1. The van der Waals surface area contributed by atoms with Gasteiger partial charge in [0.1, 0.15) is 0 Å². The molecular weight excluding hydrogens is 324 g/mol. The molecule has 0 saturated heterocycles. The van der Waals surface area contributed by atoms with E-state index in [1.165, 1.54) is 42.4 Å². The van der Waals surface area contributed by atoms with E-state index >= 15 is 0 Å². The third-order valence-corrected chi connectivity index (χ3v) is 7.39. The lowest BCUT2D eigenvalue weighted by molar-refractivity contribution is 0.331. The largest absolute Gasteiger partial charge is 0.0955 e. The minimum atomic E-state index is 0.227. The summed E-state index contributed by atoms with van der Waals surface area (Å²) >= 11 is 0. The van der Waals surface area contributed by atoms with Crippen LogP contribution in [0.4, 0.5) is 0 Å². The molecule has 0 heteroatoms.